The van der Waals surface area contributed by atoms with Gasteiger partial charge in [0.05, 0.1) is 6.54 Å². The molecule has 1 atom stereocenters. The number of nitrogens with one attached hydrogen (secondary N) is 2. The van der Waals surface area contributed by atoms with Gasteiger partial charge in [-0.1, -0.05) is 20.8 Å². The number of guanidine groups is 1. The fourth-order valence-corrected chi connectivity index (χ4v) is 4.05. The lowest BCUT2D eigenvalue weighted by Gasteiger charge is -2.35. The van der Waals surface area contributed by atoms with Crippen molar-refractivity contribution in [2.75, 3.05) is 32.1 Å². The third-order valence-electron chi connectivity index (χ3n) is 4.28. The third kappa shape index (κ3) is 9.70. The highest BCUT2D eigenvalue weighted by molar-refractivity contribution is 14.0. The van der Waals surface area contributed by atoms with Crippen molar-refractivity contribution < 1.29 is 4.74 Å². The SMILES string of the molecule is CCNC(=NCC1(SCC)CCOCC1)NC(C)CCC(C)C.I. The first kappa shape index (κ1) is 24.3. The summed E-state index contributed by atoms with van der Waals surface area (Å²) < 4.78 is 5.81. The Morgan fingerprint density at radius 1 is 1.17 bits per heavy atom. The van der Waals surface area contributed by atoms with Crippen molar-refractivity contribution in [2.24, 2.45) is 10.9 Å². The van der Waals surface area contributed by atoms with Gasteiger partial charge in [-0.2, -0.15) is 11.8 Å². The van der Waals surface area contributed by atoms with Gasteiger partial charge in [-0.15, -0.1) is 24.0 Å². The maximum atomic E-state index is 5.55. The van der Waals surface area contributed by atoms with Gasteiger partial charge in [-0.3, -0.25) is 4.99 Å². The Morgan fingerprint density at radius 2 is 1.83 bits per heavy atom. The Kier molecular flexibility index (Phi) is 13.7. The summed E-state index contributed by atoms with van der Waals surface area (Å²) in [5.74, 6) is 2.86. The summed E-state index contributed by atoms with van der Waals surface area (Å²) >= 11 is 2.05. The number of halogens is 1. The molecular formula is C18H38IN3OS. The van der Waals surface area contributed by atoms with Crippen LogP contribution in [-0.2, 0) is 4.74 Å². The van der Waals surface area contributed by atoms with Crippen LogP contribution in [0.4, 0.5) is 0 Å². The number of ether oxygens (including phenoxy) is 1. The average molecular weight is 471 g/mol. The second-order valence-electron chi connectivity index (χ2n) is 6.94. The minimum absolute atomic E-state index is 0. The van der Waals surface area contributed by atoms with Crippen LogP contribution in [0, 0.1) is 5.92 Å². The van der Waals surface area contributed by atoms with Crippen molar-refractivity contribution >= 4 is 41.7 Å². The Balaban J connectivity index is 0.00000529. The van der Waals surface area contributed by atoms with E-state index in [2.05, 4.69) is 57.0 Å². The molecule has 1 aliphatic heterocycles. The summed E-state index contributed by atoms with van der Waals surface area (Å²) in [6.45, 7) is 14.7. The summed E-state index contributed by atoms with van der Waals surface area (Å²) in [6, 6.07) is 0.458. The molecule has 0 saturated carbocycles. The molecule has 0 aliphatic carbocycles. The van der Waals surface area contributed by atoms with E-state index in [1.165, 1.54) is 12.8 Å². The van der Waals surface area contributed by atoms with Gasteiger partial charge in [0.2, 0.25) is 0 Å². The minimum Gasteiger partial charge on any atom is -0.381 e. The molecule has 1 saturated heterocycles. The van der Waals surface area contributed by atoms with Crippen molar-refractivity contribution in [2.45, 2.75) is 71.1 Å². The van der Waals surface area contributed by atoms with Gasteiger partial charge in [0.25, 0.3) is 0 Å². The summed E-state index contributed by atoms with van der Waals surface area (Å²) in [6.07, 6.45) is 4.65. The monoisotopic (exact) mass is 471 g/mol. The van der Waals surface area contributed by atoms with Gasteiger partial charge in [-0.25, -0.2) is 0 Å². The molecule has 4 nitrogen and oxygen atoms in total. The van der Waals surface area contributed by atoms with E-state index in [4.69, 9.17) is 9.73 Å². The van der Waals surface area contributed by atoms with Crippen LogP contribution in [0.3, 0.4) is 0 Å². The summed E-state index contributed by atoms with van der Waals surface area (Å²) in [5.41, 5.74) is 0. The molecule has 6 heteroatoms. The molecule has 0 bridgehead atoms. The fourth-order valence-electron chi connectivity index (χ4n) is 2.83. The van der Waals surface area contributed by atoms with E-state index in [1.807, 2.05) is 0 Å². The van der Waals surface area contributed by atoms with Gasteiger partial charge in [0.15, 0.2) is 5.96 Å². The lowest BCUT2D eigenvalue weighted by molar-refractivity contribution is 0.0793. The van der Waals surface area contributed by atoms with E-state index in [1.54, 1.807) is 0 Å². The molecule has 0 spiro atoms. The quantitative estimate of drug-likeness (QED) is 0.299. The molecule has 2 N–H and O–H groups in total. The van der Waals surface area contributed by atoms with E-state index in [0.29, 0.717) is 6.04 Å². The Morgan fingerprint density at radius 3 is 2.38 bits per heavy atom. The van der Waals surface area contributed by atoms with Gasteiger partial charge in [0, 0.05) is 30.5 Å². The highest BCUT2D eigenvalue weighted by Crippen LogP contribution is 2.35. The van der Waals surface area contributed by atoms with Crippen LogP contribution < -0.4 is 10.6 Å². The van der Waals surface area contributed by atoms with Crippen LogP contribution in [0.1, 0.15) is 60.3 Å². The summed E-state index contributed by atoms with van der Waals surface area (Å²) in [5, 5.41) is 6.97. The van der Waals surface area contributed by atoms with Crippen LogP contribution in [0.5, 0.6) is 0 Å². The maximum Gasteiger partial charge on any atom is 0.191 e. The van der Waals surface area contributed by atoms with Gasteiger partial charge in [-0.05, 0) is 51.2 Å². The number of thioether (sulfide) groups is 1. The van der Waals surface area contributed by atoms with Crippen molar-refractivity contribution in [3.8, 4) is 0 Å². The third-order valence-corrected chi connectivity index (χ3v) is 5.72. The van der Waals surface area contributed by atoms with E-state index in [0.717, 1.165) is 56.8 Å². The first-order valence-corrected chi connectivity index (χ1v) is 10.3. The van der Waals surface area contributed by atoms with Gasteiger partial charge >= 0.3 is 0 Å². The van der Waals surface area contributed by atoms with Crippen molar-refractivity contribution in [3.63, 3.8) is 0 Å². The standard InChI is InChI=1S/C18H37N3OS.HI/c1-6-19-17(21-16(5)9-8-15(3)4)20-14-18(23-7-2)10-12-22-13-11-18;/h15-16H,6-14H2,1-5H3,(H2,19,20,21);1H. The largest absolute Gasteiger partial charge is 0.381 e. The van der Waals surface area contributed by atoms with Crippen molar-refractivity contribution in [1.29, 1.82) is 0 Å². The lowest BCUT2D eigenvalue weighted by atomic mass is 9.99. The highest BCUT2D eigenvalue weighted by atomic mass is 127. The zero-order valence-corrected chi connectivity index (χ0v) is 19.3. The number of nitrogens with zero attached hydrogens (tertiary/aromatic N) is 1. The normalized spacial score (nSPS) is 18.8. The predicted octanol–water partition coefficient (Wildman–Crippen LogP) is 4.29. The first-order valence-electron chi connectivity index (χ1n) is 9.28. The van der Waals surface area contributed by atoms with Crippen LogP contribution >= 0.6 is 35.7 Å². The van der Waals surface area contributed by atoms with E-state index in [-0.39, 0.29) is 28.7 Å². The molecule has 0 aromatic heterocycles. The van der Waals surface area contributed by atoms with Crippen LogP contribution in [0.2, 0.25) is 0 Å². The molecule has 1 heterocycles. The topological polar surface area (TPSA) is 45.7 Å². The van der Waals surface area contributed by atoms with Crippen LogP contribution in [0.15, 0.2) is 4.99 Å². The number of aliphatic imine (C=N–C) groups is 1. The predicted molar refractivity (Wildman–Crippen MR) is 119 cm³/mol. The molecule has 144 valence electrons. The zero-order valence-electron chi connectivity index (χ0n) is 16.2. The van der Waals surface area contributed by atoms with Crippen molar-refractivity contribution in [1.82, 2.24) is 10.6 Å². The van der Waals surface area contributed by atoms with Crippen molar-refractivity contribution in [3.05, 3.63) is 0 Å². The molecule has 0 aromatic rings. The second kappa shape index (κ2) is 13.5. The van der Waals surface area contributed by atoms with E-state index in [9.17, 15) is 0 Å². The molecule has 1 fully saturated rings. The molecule has 0 aromatic carbocycles. The van der Waals surface area contributed by atoms with Gasteiger partial charge < -0.3 is 15.4 Å². The van der Waals surface area contributed by atoms with E-state index >= 15 is 0 Å². The van der Waals surface area contributed by atoms with Crippen LogP contribution in [-0.4, -0.2) is 48.8 Å². The zero-order chi connectivity index (χ0) is 17.1. The summed E-state index contributed by atoms with van der Waals surface area (Å²) in [7, 11) is 0. The summed E-state index contributed by atoms with van der Waals surface area (Å²) in [4.78, 5) is 4.91. The molecule has 24 heavy (non-hydrogen) atoms. The minimum atomic E-state index is 0. The Labute approximate surface area is 170 Å². The molecule has 1 rings (SSSR count). The van der Waals surface area contributed by atoms with Crippen LogP contribution in [0.25, 0.3) is 0 Å². The number of hydrogen-bond acceptors (Lipinski definition) is 3. The number of rotatable bonds is 9. The second-order valence-corrected chi connectivity index (χ2v) is 8.67. The van der Waals surface area contributed by atoms with E-state index < -0.39 is 0 Å². The highest BCUT2D eigenvalue weighted by Gasteiger charge is 2.32. The Hall–Kier alpha value is 0.310. The lowest BCUT2D eigenvalue weighted by Crippen LogP contribution is -2.44. The molecule has 1 unspecified atom stereocenters. The first-order chi connectivity index (χ1) is 11.0. The molecule has 0 radical (unpaired) electrons. The molecule has 0 amide bonds. The average Bonchev–Trinajstić information content (AvgIpc) is 2.52. The maximum absolute atomic E-state index is 5.55. The molecule has 1 aliphatic rings. The fraction of sp³-hybridized carbons (Fsp3) is 0.944. The number of hydrogen-bond donors (Lipinski definition) is 2. The van der Waals surface area contributed by atoms with Gasteiger partial charge in [0.1, 0.15) is 0 Å². The molecular weight excluding hydrogens is 433 g/mol. The Bertz CT molecular complexity index is 342. The smallest absolute Gasteiger partial charge is 0.191 e.